The first-order valence-electron chi connectivity index (χ1n) is 5.04. The number of aliphatic carboxylic acids is 2. The quantitative estimate of drug-likeness (QED) is 0.182. The molecular formula is C8H26N6Na2O8P2. The SMILES string of the molecule is CN(CC(=O)[O-])/C(N)=N\P.CN(CC(=O)[O-])/C(N)=N\P.O.O.O.O.[Na+].[Na+]. The van der Waals surface area contributed by atoms with E-state index in [1.54, 1.807) is 0 Å². The topological polar surface area (TPSA) is 290 Å². The second kappa shape index (κ2) is 29.9. The minimum atomic E-state index is -1.18. The van der Waals surface area contributed by atoms with Crippen LogP contribution < -0.4 is 80.8 Å². The zero-order valence-corrected chi connectivity index (χ0v) is 21.5. The Hall–Kier alpha value is 0.180. The maximum Gasteiger partial charge on any atom is 1.00 e. The van der Waals surface area contributed by atoms with E-state index in [9.17, 15) is 19.8 Å². The Morgan fingerprint density at radius 1 is 0.808 bits per heavy atom. The summed E-state index contributed by atoms with van der Waals surface area (Å²) in [6.45, 7) is -0.493. The predicted octanol–water partition coefficient (Wildman–Crippen LogP) is -13.7. The van der Waals surface area contributed by atoms with Crippen molar-refractivity contribution in [1.29, 1.82) is 0 Å². The van der Waals surface area contributed by atoms with Crippen molar-refractivity contribution >= 4 is 42.6 Å². The molecule has 0 aromatic carbocycles. The molecule has 18 heteroatoms. The van der Waals surface area contributed by atoms with Gasteiger partial charge in [0.15, 0.2) is 11.9 Å². The van der Waals surface area contributed by atoms with Gasteiger partial charge >= 0.3 is 59.1 Å². The molecule has 26 heavy (non-hydrogen) atoms. The average Bonchev–Trinajstić information content (AvgIpc) is 2.35. The number of likely N-dealkylation sites (N-methyl/N-ethyl adjacent to an activating group) is 2. The zero-order valence-electron chi connectivity index (χ0n) is 15.1. The molecule has 0 aliphatic heterocycles. The number of carboxylic acids is 2. The Bertz CT molecular complexity index is 371. The van der Waals surface area contributed by atoms with Crippen LogP contribution in [-0.4, -0.2) is 82.7 Å². The third-order valence-electron chi connectivity index (χ3n) is 1.78. The molecule has 148 valence electrons. The number of rotatable bonds is 4. The van der Waals surface area contributed by atoms with Gasteiger partial charge in [-0.25, -0.2) is 9.53 Å². The van der Waals surface area contributed by atoms with E-state index in [-0.39, 0.29) is 106 Å². The second-order valence-electron chi connectivity index (χ2n) is 3.43. The van der Waals surface area contributed by atoms with E-state index in [1.807, 2.05) is 18.8 Å². The third kappa shape index (κ3) is 31.9. The molecule has 0 amide bonds. The van der Waals surface area contributed by atoms with Crippen molar-refractivity contribution in [3.8, 4) is 0 Å². The van der Waals surface area contributed by atoms with Gasteiger partial charge in [-0.1, -0.05) is 0 Å². The van der Waals surface area contributed by atoms with Crippen LogP contribution in [0.4, 0.5) is 0 Å². The fraction of sp³-hybridized carbons (Fsp3) is 0.500. The molecule has 0 radical (unpaired) electrons. The largest absolute Gasteiger partial charge is 1.00 e. The second-order valence-corrected chi connectivity index (χ2v) is 3.95. The van der Waals surface area contributed by atoms with Gasteiger partial charge in [-0.15, -0.1) is 0 Å². The molecule has 0 bridgehead atoms. The van der Waals surface area contributed by atoms with Crippen LogP contribution in [0, 0.1) is 0 Å². The minimum absolute atomic E-state index is 0. The molecule has 0 saturated carbocycles. The molecule has 2 unspecified atom stereocenters. The Balaban J connectivity index is -0.0000000337. The number of carbonyl (C=O) groups is 2. The van der Waals surface area contributed by atoms with Gasteiger partial charge in [-0.3, -0.25) is 0 Å². The number of hydrogen-bond acceptors (Lipinski definition) is 6. The number of carboxylic acid groups (broad SMARTS) is 2. The number of nitrogens with zero attached hydrogens (tertiary/aromatic N) is 4. The fourth-order valence-electron chi connectivity index (χ4n) is 0.746. The predicted molar refractivity (Wildman–Crippen MR) is 92.4 cm³/mol. The number of carbonyl (C=O) groups excluding carboxylic acids is 2. The minimum Gasteiger partial charge on any atom is -0.548 e. The third-order valence-corrected chi connectivity index (χ3v) is 2.31. The van der Waals surface area contributed by atoms with Crippen LogP contribution in [0.3, 0.4) is 0 Å². The van der Waals surface area contributed by atoms with Crippen LogP contribution in [0.15, 0.2) is 9.53 Å². The molecule has 14 nitrogen and oxygen atoms in total. The Labute approximate surface area is 200 Å². The zero-order chi connectivity index (χ0) is 16.3. The summed E-state index contributed by atoms with van der Waals surface area (Å²) < 4.78 is 6.97. The van der Waals surface area contributed by atoms with E-state index in [0.717, 1.165) is 0 Å². The van der Waals surface area contributed by atoms with Crippen molar-refractivity contribution in [2.45, 2.75) is 0 Å². The van der Waals surface area contributed by atoms with E-state index in [2.05, 4.69) is 9.53 Å². The summed E-state index contributed by atoms with van der Waals surface area (Å²) in [5, 5.41) is 19.9. The molecule has 0 aromatic heterocycles. The fourth-order valence-corrected chi connectivity index (χ4v) is 1.14. The first kappa shape index (κ1) is 50.2. The number of guanidine groups is 2. The van der Waals surface area contributed by atoms with Crippen molar-refractivity contribution < 1.29 is 101 Å². The van der Waals surface area contributed by atoms with Gasteiger partial charge in [0, 0.05) is 14.1 Å². The van der Waals surface area contributed by atoms with Gasteiger partial charge in [-0.05, 0) is 18.8 Å². The van der Waals surface area contributed by atoms with Gasteiger partial charge in [0.2, 0.25) is 0 Å². The molecule has 0 aliphatic rings. The van der Waals surface area contributed by atoms with Crippen LogP contribution in [0.1, 0.15) is 0 Å². The van der Waals surface area contributed by atoms with Gasteiger partial charge in [0.25, 0.3) is 0 Å². The maximum absolute atomic E-state index is 9.96. The Kier molecular flexibility index (Phi) is 57.8. The van der Waals surface area contributed by atoms with Gasteiger partial charge in [0.1, 0.15) is 0 Å². The molecule has 0 spiro atoms. The van der Waals surface area contributed by atoms with Crippen molar-refractivity contribution in [3.05, 3.63) is 0 Å². The maximum atomic E-state index is 9.96. The molecule has 0 fully saturated rings. The molecular weight excluding hydrogens is 416 g/mol. The monoisotopic (exact) mass is 442 g/mol. The first-order valence-corrected chi connectivity index (χ1v) is 6.07. The van der Waals surface area contributed by atoms with E-state index < -0.39 is 11.9 Å². The average molecular weight is 442 g/mol. The molecule has 0 rings (SSSR count). The van der Waals surface area contributed by atoms with Gasteiger partial charge in [-0.2, -0.15) is 0 Å². The summed E-state index contributed by atoms with van der Waals surface area (Å²) in [4.78, 5) is 22.5. The first-order chi connectivity index (χ1) is 9.15. The molecule has 12 N–H and O–H groups in total. The van der Waals surface area contributed by atoms with Crippen LogP contribution in [0.5, 0.6) is 0 Å². The van der Waals surface area contributed by atoms with Gasteiger partial charge in [0.05, 0.1) is 25.0 Å². The molecule has 0 aromatic rings. The summed E-state index contributed by atoms with van der Waals surface area (Å²) in [6, 6.07) is 0. The van der Waals surface area contributed by atoms with E-state index in [1.165, 1.54) is 23.9 Å². The number of nitrogens with two attached hydrogens (primary N) is 2. The molecule has 0 saturated heterocycles. The summed E-state index contributed by atoms with van der Waals surface area (Å²) >= 11 is 0. The van der Waals surface area contributed by atoms with Crippen molar-refractivity contribution in [1.82, 2.24) is 9.80 Å². The van der Waals surface area contributed by atoms with E-state index in [0.29, 0.717) is 0 Å². The normalized spacial score (nSPS) is 8.62. The standard InChI is InChI=1S/2C4H10N3O2P.2Na.4H2O/c2*1-7(2-3(8)9)4(5)6-10;;;;;;/h2*2,10H2,1H3,(H2,5,6)(H,8,9);;;4*1H2/q;;2*+1;;;;/p-2. The molecule has 2 atom stereocenters. The molecule has 0 aliphatic carbocycles. The van der Waals surface area contributed by atoms with Crippen LogP contribution >= 0.6 is 18.8 Å². The van der Waals surface area contributed by atoms with Crippen LogP contribution in [0.25, 0.3) is 0 Å². The molecule has 0 heterocycles. The van der Waals surface area contributed by atoms with Crippen LogP contribution in [-0.2, 0) is 9.59 Å². The smallest absolute Gasteiger partial charge is 0.548 e. The van der Waals surface area contributed by atoms with Crippen molar-refractivity contribution in [3.63, 3.8) is 0 Å². The summed E-state index contributed by atoms with van der Waals surface area (Å²) in [7, 11) is 7.09. The van der Waals surface area contributed by atoms with E-state index >= 15 is 0 Å². The Morgan fingerprint density at radius 2 is 1.00 bits per heavy atom. The van der Waals surface area contributed by atoms with Crippen molar-refractivity contribution in [2.75, 3.05) is 27.2 Å². The van der Waals surface area contributed by atoms with Crippen molar-refractivity contribution in [2.24, 2.45) is 21.0 Å². The Morgan fingerprint density at radius 3 is 1.12 bits per heavy atom. The summed E-state index contributed by atoms with van der Waals surface area (Å²) in [5.74, 6) is -2.07. The number of hydrogen-bond donors (Lipinski definition) is 2. The summed E-state index contributed by atoms with van der Waals surface area (Å²) in [5.41, 5.74) is 10.5. The van der Waals surface area contributed by atoms with E-state index in [4.69, 9.17) is 11.5 Å². The summed E-state index contributed by atoms with van der Waals surface area (Å²) in [6.07, 6.45) is 0. The van der Waals surface area contributed by atoms with Gasteiger partial charge < -0.3 is 63.0 Å². The van der Waals surface area contributed by atoms with Crippen LogP contribution in [0.2, 0.25) is 0 Å².